The summed E-state index contributed by atoms with van der Waals surface area (Å²) >= 11 is 0. The van der Waals surface area contributed by atoms with Crippen LogP contribution in [-0.4, -0.2) is 22.8 Å². The van der Waals surface area contributed by atoms with E-state index in [2.05, 4.69) is 38.2 Å². The number of allylic oxidation sites excluding steroid dienone is 4. The van der Waals surface area contributed by atoms with Gasteiger partial charge in [-0.1, -0.05) is 51.0 Å². The summed E-state index contributed by atoms with van der Waals surface area (Å²) in [5.74, 6) is -1.24. The molecule has 0 aromatic rings. The Balaban J connectivity index is 3.94. The molecule has 0 saturated carbocycles. The number of ether oxygens (including phenoxy) is 1. The molecular formula is C19H36O3. The van der Waals surface area contributed by atoms with Crippen molar-refractivity contribution in [2.45, 2.75) is 84.5 Å². The van der Waals surface area contributed by atoms with Crippen LogP contribution in [0.1, 0.15) is 78.6 Å². The molecule has 0 amide bonds. The van der Waals surface area contributed by atoms with Gasteiger partial charge in [-0.15, -0.1) is 0 Å². The van der Waals surface area contributed by atoms with Crippen molar-refractivity contribution in [1.29, 1.82) is 0 Å². The van der Waals surface area contributed by atoms with Crippen LogP contribution < -0.4 is 0 Å². The molecule has 130 valence electrons. The minimum Gasteiger partial charge on any atom is -0.344 e. The molecule has 0 atom stereocenters. The predicted molar refractivity (Wildman–Crippen MR) is 93.5 cm³/mol. The molecule has 22 heavy (non-hydrogen) atoms. The Kier molecular flexibility index (Phi) is 13.6. The minimum absolute atomic E-state index is 0.404. The van der Waals surface area contributed by atoms with E-state index in [0.717, 1.165) is 44.4 Å². The first-order valence-corrected chi connectivity index (χ1v) is 8.88. The molecule has 0 aliphatic carbocycles. The molecule has 0 aliphatic heterocycles. The van der Waals surface area contributed by atoms with Crippen molar-refractivity contribution in [2.75, 3.05) is 6.61 Å². The van der Waals surface area contributed by atoms with Crippen LogP contribution in [0, 0.1) is 5.92 Å². The molecule has 3 heteroatoms. The molecule has 0 unspecified atom stereocenters. The average molecular weight is 312 g/mol. The Labute approximate surface area is 137 Å². The van der Waals surface area contributed by atoms with Crippen molar-refractivity contribution in [2.24, 2.45) is 5.92 Å². The van der Waals surface area contributed by atoms with Gasteiger partial charge in [-0.2, -0.15) is 0 Å². The van der Waals surface area contributed by atoms with Crippen LogP contribution in [0.25, 0.3) is 0 Å². The number of hydrogen-bond acceptors (Lipinski definition) is 3. The van der Waals surface area contributed by atoms with Crippen molar-refractivity contribution < 1.29 is 14.9 Å². The van der Waals surface area contributed by atoms with Crippen molar-refractivity contribution in [3.63, 3.8) is 0 Å². The van der Waals surface area contributed by atoms with Gasteiger partial charge in [0.2, 0.25) is 0 Å². The Morgan fingerprint density at radius 3 is 1.86 bits per heavy atom. The zero-order valence-corrected chi connectivity index (χ0v) is 14.8. The normalized spacial score (nSPS) is 13.0. The van der Waals surface area contributed by atoms with Crippen molar-refractivity contribution in [3.8, 4) is 0 Å². The molecule has 2 N–H and O–H groups in total. The lowest BCUT2D eigenvalue weighted by atomic mass is 9.92. The SMILES string of the molecule is CC/C=C\CCC(CC/C=C\CC)CCCCOC(C)(O)O. The molecule has 0 spiro atoms. The highest BCUT2D eigenvalue weighted by atomic mass is 16.8. The average Bonchev–Trinajstić information content (AvgIpc) is 2.45. The molecule has 0 aromatic heterocycles. The number of rotatable bonds is 14. The monoisotopic (exact) mass is 312 g/mol. The molecule has 0 saturated heterocycles. The fourth-order valence-electron chi connectivity index (χ4n) is 2.47. The van der Waals surface area contributed by atoms with Gasteiger partial charge in [0.15, 0.2) is 0 Å². The highest BCUT2D eigenvalue weighted by Crippen LogP contribution is 2.21. The first kappa shape index (κ1) is 21.4. The van der Waals surface area contributed by atoms with Gasteiger partial charge >= 0.3 is 0 Å². The van der Waals surface area contributed by atoms with E-state index in [1.54, 1.807) is 0 Å². The van der Waals surface area contributed by atoms with E-state index in [9.17, 15) is 0 Å². The van der Waals surface area contributed by atoms with Gasteiger partial charge < -0.3 is 14.9 Å². The third kappa shape index (κ3) is 15.7. The highest BCUT2D eigenvalue weighted by molar-refractivity contribution is 4.83. The Bertz CT molecular complexity index is 272. The smallest absolute Gasteiger partial charge is 0.274 e. The quantitative estimate of drug-likeness (QED) is 0.271. The summed E-state index contributed by atoms with van der Waals surface area (Å²) in [6.45, 7) is 5.98. The van der Waals surface area contributed by atoms with Crippen LogP contribution in [-0.2, 0) is 4.74 Å². The number of hydrogen-bond donors (Lipinski definition) is 2. The molecule has 0 heterocycles. The van der Waals surface area contributed by atoms with Crippen molar-refractivity contribution >= 4 is 0 Å². The van der Waals surface area contributed by atoms with Crippen LogP contribution in [0.4, 0.5) is 0 Å². The topological polar surface area (TPSA) is 49.7 Å². The van der Waals surface area contributed by atoms with E-state index >= 15 is 0 Å². The predicted octanol–water partition coefficient (Wildman–Crippen LogP) is 4.94. The van der Waals surface area contributed by atoms with Crippen LogP contribution >= 0.6 is 0 Å². The third-order valence-electron chi connectivity index (χ3n) is 3.67. The first-order valence-electron chi connectivity index (χ1n) is 8.88. The highest BCUT2D eigenvalue weighted by Gasteiger charge is 2.14. The molecule has 3 nitrogen and oxygen atoms in total. The molecule has 0 aliphatic rings. The third-order valence-corrected chi connectivity index (χ3v) is 3.67. The molecular weight excluding hydrogens is 276 g/mol. The van der Waals surface area contributed by atoms with Crippen molar-refractivity contribution in [1.82, 2.24) is 0 Å². The second kappa shape index (κ2) is 14.0. The van der Waals surface area contributed by atoms with Gasteiger partial charge in [0.1, 0.15) is 0 Å². The van der Waals surface area contributed by atoms with E-state index in [1.807, 2.05) is 0 Å². The maximum atomic E-state index is 9.08. The van der Waals surface area contributed by atoms with E-state index in [1.165, 1.54) is 26.2 Å². The fourth-order valence-corrected chi connectivity index (χ4v) is 2.47. The number of aliphatic hydroxyl groups is 2. The van der Waals surface area contributed by atoms with Crippen molar-refractivity contribution in [3.05, 3.63) is 24.3 Å². The summed E-state index contributed by atoms with van der Waals surface area (Å²) < 4.78 is 4.93. The molecule has 0 radical (unpaired) electrons. The zero-order chi connectivity index (χ0) is 16.7. The second-order valence-corrected chi connectivity index (χ2v) is 6.06. The molecule has 0 aromatic carbocycles. The lowest BCUT2D eigenvalue weighted by Gasteiger charge is -2.18. The standard InChI is InChI=1S/C19H36O3/c1-4-6-8-10-14-18(15-11-9-7-5-2)16-12-13-17-22-19(3,20)21/h6-9,18,20-21H,4-5,10-17H2,1-3H3/b8-6-,9-7-. The maximum absolute atomic E-state index is 9.08. The lowest BCUT2D eigenvalue weighted by Crippen LogP contribution is -2.27. The minimum atomic E-state index is -1.99. The van der Waals surface area contributed by atoms with Gasteiger partial charge in [0.05, 0.1) is 6.61 Å². The van der Waals surface area contributed by atoms with Gasteiger partial charge in [0, 0.05) is 6.92 Å². The summed E-state index contributed by atoms with van der Waals surface area (Å²) in [5.41, 5.74) is 0. The molecule has 0 rings (SSSR count). The first-order chi connectivity index (χ1) is 10.5. The van der Waals surface area contributed by atoms with E-state index < -0.39 is 5.97 Å². The summed E-state index contributed by atoms with van der Waals surface area (Å²) in [6.07, 6.45) is 19.3. The molecule has 0 fully saturated rings. The summed E-state index contributed by atoms with van der Waals surface area (Å²) in [5, 5.41) is 18.2. The Hall–Kier alpha value is -0.640. The maximum Gasteiger partial charge on any atom is 0.274 e. The fraction of sp³-hybridized carbons (Fsp3) is 0.789. The molecule has 0 bridgehead atoms. The summed E-state index contributed by atoms with van der Waals surface area (Å²) in [4.78, 5) is 0. The van der Waals surface area contributed by atoms with Gasteiger partial charge in [-0.05, 0) is 50.9 Å². The summed E-state index contributed by atoms with van der Waals surface area (Å²) in [6, 6.07) is 0. The van der Waals surface area contributed by atoms with E-state index in [0.29, 0.717) is 6.61 Å². The van der Waals surface area contributed by atoms with Gasteiger partial charge in [-0.3, -0.25) is 0 Å². The zero-order valence-electron chi connectivity index (χ0n) is 14.8. The Morgan fingerprint density at radius 1 is 0.864 bits per heavy atom. The van der Waals surface area contributed by atoms with E-state index in [4.69, 9.17) is 14.9 Å². The van der Waals surface area contributed by atoms with Crippen LogP contribution in [0.2, 0.25) is 0 Å². The van der Waals surface area contributed by atoms with Gasteiger partial charge in [-0.25, -0.2) is 0 Å². The number of unbranched alkanes of at least 4 members (excludes halogenated alkanes) is 1. The lowest BCUT2D eigenvalue weighted by molar-refractivity contribution is -0.325. The van der Waals surface area contributed by atoms with Crippen LogP contribution in [0.3, 0.4) is 0 Å². The largest absolute Gasteiger partial charge is 0.344 e. The van der Waals surface area contributed by atoms with Gasteiger partial charge in [0.25, 0.3) is 5.97 Å². The second-order valence-electron chi connectivity index (χ2n) is 6.06. The summed E-state index contributed by atoms with van der Waals surface area (Å²) in [7, 11) is 0. The van der Waals surface area contributed by atoms with E-state index in [-0.39, 0.29) is 0 Å². The van der Waals surface area contributed by atoms with Crippen LogP contribution in [0.15, 0.2) is 24.3 Å². The Morgan fingerprint density at radius 2 is 1.41 bits per heavy atom. The van der Waals surface area contributed by atoms with Crippen LogP contribution in [0.5, 0.6) is 0 Å².